The van der Waals surface area contributed by atoms with E-state index in [2.05, 4.69) is 0 Å². The zero-order valence-corrected chi connectivity index (χ0v) is 11.9. The van der Waals surface area contributed by atoms with Gasteiger partial charge in [-0.25, -0.2) is 0 Å². The number of carbonyl (C=O) groups excluding carboxylic acids is 1. The first-order chi connectivity index (χ1) is 10.1. The minimum Gasteiger partial charge on any atom is -0.484 e. The molecule has 0 saturated heterocycles. The quantitative estimate of drug-likeness (QED) is 0.846. The van der Waals surface area contributed by atoms with Crippen LogP contribution >= 0.6 is 0 Å². The van der Waals surface area contributed by atoms with Gasteiger partial charge >= 0.3 is 0 Å². The van der Waals surface area contributed by atoms with Crippen LogP contribution in [0.15, 0.2) is 47.1 Å². The Labute approximate surface area is 123 Å². The predicted molar refractivity (Wildman–Crippen MR) is 76.5 cm³/mol. The van der Waals surface area contributed by atoms with Crippen molar-refractivity contribution in [1.82, 2.24) is 4.90 Å². The van der Waals surface area contributed by atoms with Gasteiger partial charge in [0.2, 0.25) is 0 Å². The molecule has 1 heterocycles. The molecule has 2 rings (SSSR count). The minimum absolute atomic E-state index is 0.0621. The second kappa shape index (κ2) is 6.62. The molecule has 1 unspecified atom stereocenters. The highest BCUT2D eigenvalue weighted by atomic mass is 16.5. The Morgan fingerprint density at radius 3 is 2.67 bits per heavy atom. The van der Waals surface area contributed by atoms with Gasteiger partial charge in [0, 0.05) is 7.05 Å². The second-order valence-corrected chi connectivity index (χ2v) is 4.62. The molecule has 1 aromatic carbocycles. The molecular formula is C16H16N2O3. The standard InChI is InChI=1S/C16H16N2O3/c1-12(15-4-3-9-20-15)18(2)16(19)11-21-14-7-5-13(10-17)6-8-14/h3-9,12H,11H2,1-2H3. The van der Waals surface area contributed by atoms with Crippen LogP contribution in [0.3, 0.4) is 0 Å². The number of carbonyl (C=O) groups is 1. The average Bonchev–Trinajstić information content (AvgIpc) is 3.06. The Hall–Kier alpha value is -2.74. The fourth-order valence-corrected chi connectivity index (χ4v) is 1.81. The van der Waals surface area contributed by atoms with Gasteiger partial charge in [-0.05, 0) is 43.3 Å². The summed E-state index contributed by atoms with van der Waals surface area (Å²) in [4.78, 5) is 13.7. The summed E-state index contributed by atoms with van der Waals surface area (Å²) >= 11 is 0. The highest BCUT2D eigenvalue weighted by molar-refractivity contribution is 5.77. The third-order valence-corrected chi connectivity index (χ3v) is 3.28. The molecule has 21 heavy (non-hydrogen) atoms. The van der Waals surface area contributed by atoms with Crippen molar-refractivity contribution in [3.63, 3.8) is 0 Å². The fourth-order valence-electron chi connectivity index (χ4n) is 1.81. The molecule has 0 saturated carbocycles. The smallest absolute Gasteiger partial charge is 0.260 e. The molecule has 1 aromatic heterocycles. The van der Waals surface area contributed by atoms with Gasteiger partial charge in [0.25, 0.3) is 5.91 Å². The first-order valence-electron chi connectivity index (χ1n) is 6.54. The molecule has 0 radical (unpaired) electrons. The van der Waals surface area contributed by atoms with Crippen molar-refractivity contribution in [2.24, 2.45) is 0 Å². The molecule has 0 bridgehead atoms. The average molecular weight is 284 g/mol. The van der Waals surface area contributed by atoms with E-state index in [1.165, 1.54) is 0 Å². The number of likely N-dealkylation sites (N-methyl/N-ethyl adjacent to an activating group) is 1. The summed E-state index contributed by atoms with van der Waals surface area (Å²) in [5.41, 5.74) is 0.553. The van der Waals surface area contributed by atoms with Gasteiger partial charge in [-0.2, -0.15) is 5.26 Å². The lowest BCUT2D eigenvalue weighted by molar-refractivity contribution is -0.134. The molecule has 0 spiro atoms. The zero-order chi connectivity index (χ0) is 15.2. The molecule has 0 aliphatic heterocycles. The van der Waals surface area contributed by atoms with Gasteiger partial charge in [0.15, 0.2) is 6.61 Å². The summed E-state index contributed by atoms with van der Waals surface area (Å²) < 4.78 is 10.7. The molecular weight excluding hydrogens is 268 g/mol. The van der Waals surface area contributed by atoms with Crippen LogP contribution in [-0.2, 0) is 4.79 Å². The van der Waals surface area contributed by atoms with E-state index >= 15 is 0 Å². The predicted octanol–water partition coefficient (Wildman–Crippen LogP) is 2.75. The highest BCUT2D eigenvalue weighted by Gasteiger charge is 2.19. The molecule has 0 N–H and O–H groups in total. The van der Waals surface area contributed by atoms with Gasteiger partial charge in [-0.1, -0.05) is 0 Å². The molecule has 108 valence electrons. The van der Waals surface area contributed by atoms with Crippen molar-refractivity contribution in [2.45, 2.75) is 13.0 Å². The van der Waals surface area contributed by atoms with Crippen LogP contribution in [-0.4, -0.2) is 24.5 Å². The summed E-state index contributed by atoms with van der Waals surface area (Å²) in [6, 6.07) is 12.1. The molecule has 0 aliphatic rings. The third kappa shape index (κ3) is 3.63. The van der Waals surface area contributed by atoms with Crippen molar-refractivity contribution in [3.8, 4) is 11.8 Å². The van der Waals surface area contributed by atoms with Crippen molar-refractivity contribution in [3.05, 3.63) is 54.0 Å². The number of furan rings is 1. The van der Waals surface area contributed by atoms with Crippen LogP contribution in [0.2, 0.25) is 0 Å². The van der Waals surface area contributed by atoms with E-state index in [1.807, 2.05) is 19.1 Å². The SMILES string of the molecule is CC(c1ccco1)N(C)C(=O)COc1ccc(C#N)cc1. The molecule has 1 atom stereocenters. The van der Waals surface area contributed by atoms with Gasteiger partial charge in [-0.3, -0.25) is 4.79 Å². The molecule has 0 fully saturated rings. The Balaban J connectivity index is 1.90. The van der Waals surface area contributed by atoms with Crippen LogP contribution in [0.1, 0.15) is 24.3 Å². The topological polar surface area (TPSA) is 66.5 Å². The number of nitrogens with zero attached hydrogens (tertiary/aromatic N) is 2. The maximum atomic E-state index is 12.1. The van der Waals surface area contributed by atoms with Crippen LogP contribution < -0.4 is 4.74 Å². The zero-order valence-electron chi connectivity index (χ0n) is 11.9. The van der Waals surface area contributed by atoms with Gasteiger partial charge < -0.3 is 14.1 Å². The molecule has 5 nitrogen and oxygen atoms in total. The lowest BCUT2D eigenvalue weighted by Crippen LogP contribution is -2.33. The Morgan fingerprint density at radius 2 is 2.10 bits per heavy atom. The highest BCUT2D eigenvalue weighted by Crippen LogP contribution is 2.19. The molecule has 5 heteroatoms. The number of benzene rings is 1. The van der Waals surface area contributed by atoms with Gasteiger partial charge in [0.1, 0.15) is 11.5 Å². The van der Waals surface area contributed by atoms with E-state index in [9.17, 15) is 4.79 Å². The van der Waals surface area contributed by atoms with Crippen molar-refractivity contribution >= 4 is 5.91 Å². The minimum atomic E-state index is -0.155. The number of nitriles is 1. The Bertz CT molecular complexity index is 627. The summed E-state index contributed by atoms with van der Waals surface area (Å²) in [6.07, 6.45) is 1.58. The first-order valence-corrected chi connectivity index (χ1v) is 6.54. The third-order valence-electron chi connectivity index (χ3n) is 3.28. The van der Waals surface area contributed by atoms with Crippen molar-refractivity contribution < 1.29 is 13.9 Å². The van der Waals surface area contributed by atoms with Crippen molar-refractivity contribution in [1.29, 1.82) is 5.26 Å². The van der Waals surface area contributed by atoms with E-state index in [1.54, 1.807) is 48.5 Å². The van der Waals surface area contributed by atoms with Crippen molar-refractivity contribution in [2.75, 3.05) is 13.7 Å². The molecule has 2 aromatic rings. The summed E-state index contributed by atoms with van der Waals surface area (Å²) in [5, 5.41) is 8.71. The lowest BCUT2D eigenvalue weighted by Gasteiger charge is -2.23. The van der Waals surface area contributed by atoms with E-state index in [-0.39, 0.29) is 18.6 Å². The number of ether oxygens (including phenoxy) is 1. The van der Waals surface area contributed by atoms with Gasteiger partial charge in [-0.15, -0.1) is 0 Å². The van der Waals surface area contributed by atoms with E-state index < -0.39 is 0 Å². The largest absolute Gasteiger partial charge is 0.484 e. The van der Waals surface area contributed by atoms with E-state index in [0.717, 1.165) is 5.76 Å². The number of amides is 1. The first kappa shape index (κ1) is 14.7. The van der Waals surface area contributed by atoms with Crippen LogP contribution in [0.25, 0.3) is 0 Å². The Morgan fingerprint density at radius 1 is 1.38 bits per heavy atom. The van der Waals surface area contributed by atoms with Crippen LogP contribution in [0, 0.1) is 11.3 Å². The molecule has 1 amide bonds. The fraction of sp³-hybridized carbons (Fsp3) is 0.250. The monoisotopic (exact) mass is 284 g/mol. The van der Waals surface area contributed by atoms with Crippen LogP contribution in [0.4, 0.5) is 0 Å². The molecule has 0 aliphatic carbocycles. The summed E-state index contributed by atoms with van der Waals surface area (Å²) in [7, 11) is 1.71. The maximum Gasteiger partial charge on any atom is 0.260 e. The number of hydrogen-bond donors (Lipinski definition) is 0. The summed E-state index contributed by atoms with van der Waals surface area (Å²) in [5.74, 6) is 1.13. The number of rotatable bonds is 5. The normalized spacial score (nSPS) is 11.5. The van der Waals surface area contributed by atoms with Crippen LogP contribution in [0.5, 0.6) is 5.75 Å². The lowest BCUT2D eigenvalue weighted by atomic mass is 10.2. The Kier molecular flexibility index (Phi) is 4.62. The van der Waals surface area contributed by atoms with E-state index in [4.69, 9.17) is 14.4 Å². The number of hydrogen-bond acceptors (Lipinski definition) is 4. The second-order valence-electron chi connectivity index (χ2n) is 4.62. The van der Waals surface area contributed by atoms with E-state index in [0.29, 0.717) is 11.3 Å². The van der Waals surface area contributed by atoms with Gasteiger partial charge in [0.05, 0.1) is 23.9 Å². The summed E-state index contributed by atoms with van der Waals surface area (Å²) in [6.45, 7) is 1.83. The maximum absolute atomic E-state index is 12.1.